The Morgan fingerprint density at radius 2 is 2.12 bits per heavy atom. The van der Waals surface area contributed by atoms with Crippen molar-refractivity contribution in [1.82, 2.24) is 9.80 Å². The number of aliphatic hydroxyl groups excluding tert-OH is 1. The van der Waals surface area contributed by atoms with E-state index in [9.17, 15) is 5.11 Å². The molecule has 1 heterocycles. The molecule has 0 amide bonds. The van der Waals surface area contributed by atoms with Gasteiger partial charge in [0.25, 0.3) is 0 Å². The first-order valence-corrected chi connectivity index (χ1v) is 6.77. The molecule has 4 nitrogen and oxygen atoms in total. The van der Waals surface area contributed by atoms with Crippen LogP contribution in [0.3, 0.4) is 0 Å². The molecule has 0 radical (unpaired) electrons. The van der Waals surface area contributed by atoms with Gasteiger partial charge < -0.3 is 10.8 Å². The smallest absolute Gasteiger partial charge is 0.0609 e. The molecule has 1 aliphatic rings. The van der Waals surface area contributed by atoms with Gasteiger partial charge in [0.05, 0.1) is 6.61 Å². The number of likely N-dealkylation sites (N-methyl/N-ethyl adjacent to an activating group) is 1. The lowest BCUT2D eigenvalue weighted by Crippen LogP contribution is -2.56. The first-order valence-electron chi connectivity index (χ1n) is 6.77. The van der Waals surface area contributed by atoms with Crippen LogP contribution in [-0.4, -0.2) is 65.3 Å². The van der Waals surface area contributed by atoms with Crippen molar-refractivity contribution >= 4 is 0 Å². The van der Waals surface area contributed by atoms with E-state index in [4.69, 9.17) is 5.73 Å². The lowest BCUT2D eigenvalue weighted by Gasteiger charge is -2.43. The lowest BCUT2D eigenvalue weighted by atomic mass is 9.94. The number of hydrogen-bond donors (Lipinski definition) is 2. The topological polar surface area (TPSA) is 52.7 Å². The van der Waals surface area contributed by atoms with Gasteiger partial charge in [-0.1, -0.05) is 6.92 Å². The van der Waals surface area contributed by atoms with E-state index >= 15 is 0 Å². The Morgan fingerprint density at radius 1 is 1.47 bits per heavy atom. The summed E-state index contributed by atoms with van der Waals surface area (Å²) >= 11 is 0. The predicted molar refractivity (Wildman–Crippen MR) is 72.0 cm³/mol. The van der Waals surface area contributed by atoms with Crippen molar-refractivity contribution in [2.24, 2.45) is 5.73 Å². The van der Waals surface area contributed by atoms with Crippen molar-refractivity contribution < 1.29 is 5.11 Å². The fraction of sp³-hybridized carbons (Fsp3) is 1.00. The normalized spacial score (nSPS) is 28.9. The number of piperazine rings is 1. The van der Waals surface area contributed by atoms with E-state index in [1.165, 1.54) is 0 Å². The molecule has 0 saturated carbocycles. The quantitative estimate of drug-likeness (QED) is 0.738. The van der Waals surface area contributed by atoms with Crippen LogP contribution in [-0.2, 0) is 0 Å². The molecule has 3 N–H and O–H groups in total. The third-order valence-electron chi connectivity index (χ3n) is 3.95. The van der Waals surface area contributed by atoms with Gasteiger partial charge in [-0.15, -0.1) is 0 Å². The van der Waals surface area contributed by atoms with Crippen LogP contribution in [0.1, 0.15) is 34.1 Å². The van der Waals surface area contributed by atoms with Crippen LogP contribution in [0.15, 0.2) is 0 Å². The zero-order valence-corrected chi connectivity index (χ0v) is 11.8. The lowest BCUT2D eigenvalue weighted by molar-refractivity contribution is 0.0497. The Labute approximate surface area is 106 Å². The van der Waals surface area contributed by atoms with Crippen molar-refractivity contribution in [3.8, 4) is 0 Å². The molecule has 1 rings (SSSR count). The van der Waals surface area contributed by atoms with Crippen molar-refractivity contribution in [2.75, 3.05) is 32.8 Å². The van der Waals surface area contributed by atoms with E-state index in [2.05, 4.69) is 30.6 Å². The Balaban J connectivity index is 2.46. The van der Waals surface area contributed by atoms with Crippen LogP contribution in [0.25, 0.3) is 0 Å². The minimum Gasteiger partial charge on any atom is -0.394 e. The number of nitrogens with two attached hydrogens (primary N) is 1. The maximum absolute atomic E-state index is 9.22. The average molecular weight is 243 g/mol. The van der Waals surface area contributed by atoms with Crippen LogP contribution in [0.4, 0.5) is 0 Å². The summed E-state index contributed by atoms with van der Waals surface area (Å²) in [4.78, 5) is 5.01. The average Bonchev–Trinajstić information content (AvgIpc) is 2.28. The second-order valence-corrected chi connectivity index (χ2v) is 5.84. The minimum atomic E-state index is -0.454. The summed E-state index contributed by atoms with van der Waals surface area (Å²) in [5.74, 6) is 0. The van der Waals surface area contributed by atoms with Crippen LogP contribution in [0.2, 0.25) is 0 Å². The van der Waals surface area contributed by atoms with E-state index in [1.807, 2.05) is 6.92 Å². The van der Waals surface area contributed by atoms with Gasteiger partial charge in [0.1, 0.15) is 0 Å². The van der Waals surface area contributed by atoms with Gasteiger partial charge in [-0.2, -0.15) is 0 Å². The second-order valence-electron chi connectivity index (χ2n) is 5.84. The van der Waals surface area contributed by atoms with E-state index in [-0.39, 0.29) is 6.61 Å². The summed E-state index contributed by atoms with van der Waals surface area (Å²) in [5.41, 5.74) is 5.57. The van der Waals surface area contributed by atoms with Gasteiger partial charge in [0.2, 0.25) is 0 Å². The minimum absolute atomic E-state index is 0.0574. The highest BCUT2D eigenvalue weighted by molar-refractivity contribution is 4.87. The zero-order chi connectivity index (χ0) is 13.1. The van der Waals surface area contributed by atoms with Crippen LogP contribution in [0.5, 0.6) is 0 Å². The number of aliphatic hydroxyl groups is 1. The zero-order valence-electron chi connectivity index (χ0n) is 11.8. The molecule has 1 aliphatic heterocycles. The van der Waals surface area contributed by atoms with Crippen molar-refractivity contribution in [3.63, 3.8) is 0 Å². The van der Waals surface area contributed by atoms with Crippen molar-refractivity contribution in [1.29, 1.82) is 0 Å². The van der Waals surface area contributed by atoms with Crippen LogP contribution in [0, 0.1) is 0 Å². The van der Waals surface area contributed by atoms with Crippen LogP contribution < -0.4 is 5.73 Å². The molecular formula is C13H29N3O. The summed E-state index contributed by atoms with van der Waals surface area (Å²) in [5, 5.41) is 9.22. The monoisotopic (exact) mass is 243 g/mol. The molecule has 0 aromatic carbocycles. The molecule has 102 valence electrons. The van der Waals surface area contributed by atoms with E-state index in [1.54, 1.807) is 0 Å². The summed E-state index contributed by atoms with van der Waals surface area (Å²) < 4.78 is 0. The van der Waals surface area contributed by atoms with Gasteiger partial charge in [-0.3, -0.25) is 9.80 Å². The Kier molecular flexibility index (Phi) is 5.38. The highest BCUT2D eigenvalue weighted by atomic mass is 16.3. The number of nitrogens with zero attached hydrogens (tertiary/aromatic N) is 2. The molecule has 3 atom stereocenters. The van der Waals surface area contributed by atoms with Crippen molar-refractivity contribution in [3.05, 3.63) is 0 Å². The van der Waals surface area contributed by atoms with Crippen LogP contribution >= 0.6 is 0 Å². The highest BCUT2D eigenvalue weighted by Gasteiger charge is 2.29. The summed E-state index contributed by atoms with van der Waals surface area (Å²) in [6.45, 7) is 13.2. The summed E-state index contributed by atoms with van der Waals surface area (Å²) in [7, 11) is 0. The molecule has 17 heavy (non-hydrogen) atoms. The first kappa shape index (κ1) is 14.9. The molecule has 4 heteroatoms. The SMILES string of the molecule is CCN1CCN(C(C)CC(C)(N)CO)CC1C. The molecule has 0 aliphatic carbocycles. The van der Waals surface area contributed by atoms with Gasteiger partial charge in [-0.25, -0.2) is 0 Å². The standard InChI is InChI=1S/C13H29N3O/c1-5-15-6-7-16(9-12(15)3)11(2)8-13(4,14)10-17/h11-12,17H,5-10,14H2,1-4H3. The van der Waals surface area contributed by atoms with Gasteiger partial charge in [-0.05, 0) is 33.7 Å². The van der Waals surface area contributed by atoms with E-state index in [0.29, 0.717) is 12.1 Å². The van der Waals surface area contributed by atoms with Gasteiger partial charge >= 0.3 is 0 Å². The molecule has 1 fully saturated rings. The molecular weight excluding hydrogens is 214 g/mol. The highest BCUT2D eigenvalue weighted by Crippen LogP contribution is 2.17. The Hall–Kier alpha value is -0.160. The predicted octanol–water partition coefficient (Wildman–Crippen LogP) is 0.501. The number of rotatable bonds is 5. The number of hydrogen-bond acceptors (Lipinski definition) is 4. The van der Waals surface area contributed by atoms with Gasteiger partial charge in [0.15, 0.2) is 0 Å². The summed E-state index contributed by atoms with van der Waals surface area (Å²) in [6.07, 6.45) is 0.850. The third kappa shape index (κ3) is 4.21. The first-order chi connectivity index (χ1) is 7.89. The van der Waals surface area contributed by atoms with E-state index in [0.717, 1.165) is 32.6 Å². The molecule has 0 aromatic rings. The van der Waals surface area contributed by atoms with Crippen molar-refractivity contribution in [2.45, 2.75) is 51.7 Å². The molecule has 0 spiro atoms. The largest absolute Gasteiger partial charge is 0.394 e. The Morgan fingerprint density at radius 3 is 2.59 bits per heavy atom. The van der Waals surface area contributed by atoms with Gasteiger partial charge in [0, 0.05) is 37.3 Å². The molecule has 1 saturated heterocycles. The fourth-order valence-electron chi connectivity index (χ4n) is 2.76. The maximum atomic E-state index is 9.22. The van der Waals surface area contributed by atoms with E-state index < -0.39 is 5.54 Å². The maximum Gasteiger partial charge on any atom is 0.0609 e. The second kappa shape index (κ2) is 6.14. The third-order valence-corrected chi connectivity index (χ3v) is 3.95. The molecule has 0 aromatic heterocycles. The Bertz CT molecular complexity index is 233. The fourth-order valence-corrected chi connectivity index (χ4v) is 2.76. The summed E-state index contributed by atoms with van der Waals surface area (Å²) in [6, 6.07) is 1.06. The molecule has 0 bridgehead atoms. The molecule has 3 unspecified atom stereocenters.